The summed E-state index contributed by atoms with van der Waals surface area (Å²) in [5.74, 6) is 0. The van der Waals surface area contributed by atoms with E-state index in [1.54, 1.807) is 0 Å². The zero-order valence-electron chi connectivity index (χ0n) is 29.0. The Morgan fingerprint density at radius 3 is 2.04 bits per heavy atom. The topological polar surface area (TPSA) is 22.0 Å². The Kier molecular flexibility index (Phi) is 6.03. The van der Waals surface area contributed by atoms with Crippen LogP contribution in [0.1, 0.15) is 25.0 Å². The predicted molar refractivity (Wildman–Crippen MR) is 220 cm³/mol. The molecular weight excluding hydrogens is 650 g/mol. The molecule has 1 aromatic heterocycles. The van der Waals surface area contributed by atoms with Gasteiger partial charge in [0.15, 0.2) is 7.14 Å². The summed E-state index contributed by atoms with van der Waals surface area (Å²) in [6.45, 7) is 4.70. The zero-order valence-corrected chi connectivity index (χ0v) is 29.9. The van der Waals surface area contributed by atoms with Crippen molar-refractivity contribution in [2.75, 3.05) is 0 Å². The van der Waals surface area contributed by atoms with Crippen molar-refractivity contribution in [1.29, 1.82) is 0 Å². The summed E-state index contributed by atoms with van der Waals surface area (Å²) in [6.07, 6.45) is 0. The second-order valence-electron chi connectivity index (χ2n) is 14.8. The van der Waals surface area contributed by atoms with E-state index in [9.17, 15) is 0 Å². The lowest BCUT2D eigenvalue weighted by Gasteiger charge is -2.22. The molecule has 2 aliphatic rings. The van der Waals surface area contributed by atoms with E-state index in [0.29, 0.717) is 0 Å². The number of rotatable bonds is 3. The van der Waals surface area contributed by atoms with Crippen LogP contribution >= 0.6 is 7.14 Å². The lowest BCUT2D eigenvalue weighted by atomic mass is 9.82. The largest absolute Gasteiger partial charge is 0.309 e. The van der Waals surface area contributed by atoms with Crippen LogP contribution in [0.5, 0.6) is 0 Å². The normalized spacial score (nSPS) is 16.6. The molecule has 9 aromatic rings. The number of benzene rings is 8. The van der Waals surface area contributed by atoms with Crippen LogP contribution in [0.4, 0.5) is 0 Å². The second kappa shape index (κ2) is 10.5. The summed E-state index contributed by atoms with van der Waals surface area (Å²) < 4.78 is 18.0. The minimum absolute atomic E-state index is 0.135. The van der Waals surface area contributed by atoms with E-state index in [1.807, 2.05) is 36.4 Å². The molecule has 0 amide bonds. The Bertz CT molecular complexity index is 3020. The van der Waals surface area contributed by atoms with Gasteiger partial charge < -0.3 is 9.13 Å². The molecule has 1 unspecified atom stereocenters. The summed E-state index contributed by atoms with van der Waals surface area (Å²) in [5.41, 5.74) is 13.1. The van der Waals surface area contributed by atoms with E-state index in [-0.39, 0.29) is 5.41 Å². The number of aromatic nitrogens is 1. The van der Waals surface area contributed by atoms with Gasteiger partial charge in [-0.2, -0.15) is 0 Å². The van der Waals surface area contributed by atoms with E-state index >= 15 is 4.57 Å². The van der Waals surface area contributed by atoms with Crippen LogP contribution in [0.15, 0.2) is 170 Å². The first-order valence-corrected chi connectivity index (χ1v) is 19.8. The molecule has 0 saturated carbocycles. The molecule has 246 valence electrons. The van der Waals surface area contributed by atoms with E-state index in [1.165, 1.54) is 54.9 Å². The molecule has 2 nitrogen and oxygen atoms in total. The van der Waals surface area contributed by atoms with Gasteiger partial charge in [0.2, 0.25) is 0 Å². The molecule has 0 saturated heterocycles. The summed E-state index contributed by atoms with van der Waals surface area (Å²) >= 11 is 0. The third-order valence-corrected chi connectivity index (χ3v) is 14.9. The average Bonchev–Trinajstić information content (AvgIpc) is 3.76. The van der Waals surface area contributed by atoms with Gasteiger partial charge >= 0.3 is 0 Å². The predicted octanol–water partition coefficient (Wildman–Crippen LogP) is 11.5. The fourth-order valence-electron chi connectivity index (χ4n) is 9.39. The van der Waals surface area contributed by atoms with Crippen molar-refractivity contribution < 1.29 is 4.57 Å². The van der Waals surface area contributed by atoms with Crippen LogP contribution in [-0.2, 0) is 9.98 Å². The molecule has 0 radical (unpaired) electrons. The Balaban J connectivity index is 1.19. The molecule has 11 rings (SSSR count). The average molecular weight is 684 g/mol. The summed E-state index contributed by atoms with van der Waals surface area (Å²) in [7, 11) is -3.10. The molecule has 1 aliphatic carbocycles. The second-order valence-corrected chi connectivity index (χ2v) is 17.5. The highest BCUT2D eigenvalue weighted by atomic mass is 31.2. The molecule has 0 fully saturated rings. The summed E-state index contributed by atoms with van der Waals surface area (Å²) in [5, 5.41) is 7.60. The maximum Gasteiger partial charge on any atom is 0.172 e. The summed E-state index contributed by atoms with van der Waals surface area (Å²) in [4.78, 5) is 0. The van der Waals surface area contributed by atoms with Gasteiger partial charge in [-0.05, 0) is 80.0 Å². The maximum atomic E-state index is 15.5. The summed E-state index contributed by atoms with van der Waals surface area (Å²) in [6, 6.07) is 60.8. The van der Waals surface area contributed by atoms with E-state index in [4.69, 9.17) is 0 Å². The van der Waals surface area contributed by atoms with Crippen molar-refractivity contribution in [3.8, 4) is 39.1 Å². The molecule has 1 atom stereocenters. The van der Waals surface area contributed by atoms with Gasteiger partial charge in [0.25, 0.3) is 0 Å². The lowest BCUT2D eigenvalue weighted by molar-refractivity contribution is 0.593. The van der Waals surface area contributed by atoms with Gasteiger partial charge in [-0.3, -0.25) is 0 Å². The van der Waals surface area contributed by atoms with E-state index in [2.05, 4.69) is 152 Å². The molecule has 8 aromatic carbocycles. The lowest BCUT2D eigenvalue weighted by Crippen LogP contribution is -2.20. The van der Waals surface area contributed by atoms with Gasteiger partial charge in [0.1, 0.15) is 0 Å². The van der Waals surface area contributed by atoms with E-state index < -0.39 is 7.14 Å². The molecule has 3 heteroatoms. The first-order chi connectivity index (χ1) is 25.4. The third kappa shape index (κ3) is 3.83. The molecule has 1 aliphatic heterocycles. The number of para-hydroxylation sites is 1. The fourth-order valence-corrected chi connectivity index (χ4v) is 12.4. The van der Waals surface area contributed by atoms with Gasteiger partial charge in [-0.15, -0.1) is 0 Å². The Labute approximate surface area is 303 Å². The first kappa shape index (κ1) is 29.7. The zero-order chi connectivity index (χ0) is 34.8. The van der Waals surface area contributed by atoms with Crippen LogP contribution in [0.2, 0.25) is 0 Å². The van der Waals surface area contributed by atoms with Crippen LogP contribution in [0.3, 0.4) is 0 Å². The van der Waals surface area contributed by atoms with Gasteiger partial charge in [-0.1, -0.05) is 153 Å². The van der Waals surface area contributed by atoms with Crippen molar-refractivity contribution in [2.45, 2.75) is 19.3 Å². The molecule has 0 spiro atoms. The Morgan fingerprint density at radius 2 is 1.17 bits per heavy atom. The highest BCUT2D eigenvalue weighted by molar-refractivity contribution is 7.86. The molecular formula is C49H34NOP. The minimum atomic E-state index is -3.10. The quantitative estimate of drug-likeness (QED) is 0.170. The molecule has 0 bridgehead atoms. The van der Waals surface area contributed by atoms with Crippen molar-refractivity contribution >= 4 is 55.6 Å². The Morgan fingerprint density at radius 1 is 0.500 bits per heavy atom. The highest BCUT2D eigenvalue weighted by Gasteiger charge is 2.42. The van der Waals surface area contributed by atoms with Crippen LogP contribution in [0, 0.1) is 0 Å². The Hall–Kier alpha value is -5.95. The van der Waals surface area contributed by atoms with Gasteiger partial charge in [0, 0.05) is 43.4 Å². The van der Waals surface area contributed by atoms with Crippen molar-refractivity contribution in [3.63, 3.8) is 0 Å². The van der Waals surface area contributed by atoms with Gasteiger partial charge in [0.05, 0.1) is 11.0 Å². The fraction of sp³-hybridized carbons (Fsp3) is 0.0612. The first-order valence-electron chi connectivity index (χ1n) is 18.0. The molecule has 2 heterocycles. The van der Waals surface area contributed by atoms with Crippen molar-refractivity contribution in [2.24, 2.45) is 0 Å². The number of hydrogen-bond donors (Lipinski definition) is 0. The number of hydrogen-bond acceptors (Lipinski definition) is 1. The van der Waals surface area contributed by atoms with Crippen molar-refractivity contribution in [3.05, 3.63) is 181 Å². The highest BCUT2D eigenvalue weighted by Crippen LogP contribution is 2.55. The standard InChI is InChI=1S/C49H34NOP/c1-49(2)42-26-23-32(36-20-12-14-31-13-6-7-17-35(31)36)29-40(42)41-30-33(24-27-43(41)49)50-44-21-10-8-18-37(44)38-25-28-46-47(48(38)50)39-19-9-11-22-45(39)52(46,51)34-15-4-3-5-16-34/h3-30H,1-2H3. The van der Waals surface area contributed by atoms with Crippen molar-refractivity contribution in [1.82, 2.24) is 4.57 Å². The van der Waals surface area contributed by atoms with Gasteiger partial charge in [-0.25, -0.2) is 0 Å². The molecule has 0 N–H and O–H groups in total. The molecule has 52 heavy (non-hydrogen) atoms. The third-order valence-electron chi connectivity index (χ3n) is 11.8. The smallest absolute Gasteiger partial charge is 0.172 e. The monoisotopic (exact) mass is 683 g/mol. The SMILES string of the molecule is CC1(C)c2ccc(-c3cccc4ccccc34)cc2-c2cc(-n3c4ccccc4c4ccc5c(c43)-c3ccccc3P5(=O)c3ccccc3)ccc21. The maximum absolute atomic E-state index is 15.5. The van der Waals surface area contributed by atoms with Crippen LogP contribution in [0.25, 0.3) is 71.6 Å². The van der Waals surface area contributed by atoms with E-state index in [0.717, 1.165) is 43.8 Å². The minimum Gasteiger partial charge on any atom is -0.309 e. The number of nitrogens with zero attached hydrogens (tertiary/aromatic N) is 1. The number of fused-ring (bicyclic) bond motifs is 11. The van der Waals surface area contributed by atoms with Crippen LogP contribution < -0.4 is 15.9 Å². The van der Waals surface area contributed by atoms with Crippen LogP contribution in [-0.4, -0.2) is 4.57 Å².